The molecule has 2 rings (SSSR count). The molecule has 0 radical (unpaired) electrons. The molecule has 0 aliphatic heterocycles. The van der Waals surface area contributed by atoms with Gasteiger partial charge in [-0.25, -0.2) is 10.2 Å². The Morgan fingerprint density at radius 2 is 1.70 bits per heavy atom. The Hall–Kier alpha value is -2.37. The van der Waals surface area contributed by atoms with Crippen molar-refractivity contribution in [2.45, 2.75) is 0 Å². The number of carbonyl (C=O) groups excluding carboxylic acids is 2. The van der Waals surface area contributed by atoms with E-state index in [1.807, 2.05) is 0 Å². The van der Waals surface area contributed by atoms with Crippen LogP contribution >= 0.6 is 23.2 Å². The number of halogens is 2. The standard InChI is InChI=1S/C16H12Cl2N2O3/c1-23-16(22)11-4-2-10(3-5-11)9-19-20-15(21)12-6-7-13(17)14(18)8-12/h2-9H,1H3,(H,20,21)/b19-9-. The van der Waals surface area contributed by atoms with E-state index in [0.29, 0.717) is 26.7 Å². The second-order valence-electron chi connectivity index (χ2n) is 4.44. The number of hydrogen-bond donors (Lipinski definition) is 1. The number of nitrogens with one attached hydrogen (secondary N) is 1. The summed E-state index contributed by atoms with van der Waals surface area (Å²) in [6.45, 7) is 0. The van der Waals surface area contributed by atoms with Crippen molar-refractivity contribution in [3.05, 3.63) is 69.2 Å². The SMILES string of the molecule is COC(=O)c1ccc(/C=N\NC(=O)c2ccc(Cl)c(Cl)c2)cc1. The van der Waals surface area contributed by atoms with E-state index in [1.54, 1.807) is 30.3 Å². The maximum Gasteiger partial charge on any atom is 0.337 e. The predicted molar refractivity (Wildman–Crippen MR) is 89.3 cm³/mol. The summed E-state index contributed by atoms with van der Waals surface area (Å²) in [4.78, 5) is 23.2. The van der Waals surface area contributed by atoms with Crippen LogP contribution < -0.4 is 5.43 Å². The highest BCUT2D eigenvalue weighted by molar-refractivity contribution is 6.42. The maximum atomic E-state index is 11.9. The number of benzene rings is 2. The maximum absolute atomic E-state index is 11.9. The third-order valence-corrected chi connectivity index (χ3v) is 3.63. The van der Waals surface area contributed by atoms with Crippen LogP contribution in [0.2, 0.25) is 10.0 Å². The first-order valence-corrected chi connectivity index (χ1v) is 7.23. The Bertz CT molecular complexity index is 758. The minimum absolute atomic E-state index is 0.293. The van der Waals surface area contributed by atoms with E-state index in [0.717, 1.165) is 0 Å². The number of amides is 1. The zero-order valence-corrected chi connectivity index (χ0v) is 13.6. The van der Waals surface area contributed by atoms with Gasteiger partial charge in [0.1, 0.15) is 0 Å². The summed E-state index contributed by atoms with van der Waals surface area (Å²) in [5, 5.41) is 4.51. The van der Waals surface area contributed by atoms with Crippen molar-refractivity contribution in [3.63, 3.8) is 0 Å². The lowest BCUT2D eigenvalue weighted by Gasteiger charge is -2.02. The van der Waals surface area contributed by atoms with Gasteiger partial charge in [-0.2, -0.15) is 5.10 Å². The van der Waals surface area contributed by atoms with Gasteiger partial charge < -0.3 is 4.74 Å². The van der Waals surface area contributed by atoms with E-state index < -0.39 is 11.9 Å². The van der Waals surface area contributed by atoms with Crippen molar-refractivity contribution in [1.82, 2.24) is 5.43 Å². The Balaban J connectivity index is 1.99. The van der Waals surface area contributed by atoms with E-state index in [2.05, 4.69) is 15.3 Å². The first-order chi connectivity index (χ1) is 11.0. The molecule has 0 aliphatic rings. The first kappa shape index (κ1) is 17.0. The summed E-state index contributed by atoms with van der Waals surface area (Å²) in [6.07, 6.45) is 1.45. The lowest BCUT2D eigenvalue weighted by atomic mass is 10.1. The molecule has 0 aromatic heterocycles. The Morgan fingerprint density at radius 1 is 1.04 bits per heavy atom. The average Bonchev–Trinajstić information content (AvgIpc) is 2.57. The molecule has 0 fully saturated rings. The number of hydrazone groups is 1. The molecule has 0 bridgehead atoms. The van der Waals surface area contributed by atoms with Gasteiger partial charge in [-0.3, -0.25) is 4.79 Å². The third-order valence-electron chi connectivity index (χ3n) is 2.89. The van der Waals surface area contributed by atoms with Crippen LogP contribution in [0.25, 0.3) is 0 Å². The summed E-state index contributed by atoms with van der Waals surface area (Å²) in [5.74, 6) is -0.826. The van der Waals surface area contributed by atoms with Crippen molar-refractivity contribution in [1.29, 1.82) is 0 Å². The van der Waals surface area contributed by atoms with Gasteiger partial charge in [0.25, 0.3) is 5.91 Å². The molecule has 5 nitrogen and oxygen atoms in total. The summed E-state index contributed by atoms with van der Waals surface area (Å²) in [7, 11) is 1.32. The van der Waals surface area contributed by atoms with E-state index in [-0.39, 0.29) is 0 Å². The zero-order chi connectivity index (χ0) is 16.8. The Kier molecular flexibility index (Phi) is 5.73. The zero-order valence-electron chi connectivity index (χ0n) is 12.0. The first-order valence-electron chi connectivity index (χ1n) is 6.48. The number of carbonyl (C=O) groups is 2. The molecular formula is C16H12Cl2N2O3. The molecule has 0 aliphatic carbocycles. The van der Waals surface area contributed by atoms with Crippen LogP contribution in [0.3, 0.4) is 0 Å². The van der Waals surface area contributed by atoms with Gasteiger partial charge in [-0.05, 0) is 35.9 Å². The summed E-state index contributed by atoms with van der Waals surface area (Å²) >= 11 is 11.6. The second-order valence-corrected chi connectivity index (χ2v) is 5.26. The summed E-state index contributed by atoms with van der Waals surface area (Å²) in [5.41, 5.74) is 3.87. The largest absolute Gasteiger partial charge is 0.465 e. The van der Waals surface area contributed by atoms with Crippen molar-refractivity contribution < 1.29 is 14.3 Å². The van der Waals surface area contributed by atoms with E-state index in [1.165, 1.54) is 25.5 Å². The van der Waals surface area contributed by atoms with E-state index in [9.17, 15) is 9.59 Å². The topological polar surface area (TPSA) is 67.8 Å². The lowest BCUT2D eigenvalue weighted by molar-refractivity contribution is 0.0600. The van der Waals surface area contributed by atoms with Crippen molar-refractivity contribution in [2.24, 2.45) is 5.10 Å². The normalized spacial score (nSPS) is 10.6. The number of esters is 1. The average molecular weight is 351 g/mol. The van der Waals surface area contributed by atoms with Gasteiger partial charge in [0, 0.05) is 5.56 Å². The van der Waals surface area contributed by atoms with Gasteiger partial charge in [-0.1, -0.05) is 35.3 Å². The fourth-order valence-electron chi connectivity index (χ4n) is 1.69. The van der Waals surface area contributed by atoms with Gasteiger partial charge in [0.2, 0.25) is 0 Å². The smallest absolute Gasteiger partial charge is 0.337 e. The molecule has 2 aromatic rings. The fraction of sp³-hybridized carbons (Fsp3) is 0.0625. The van der Waals surface area contributed by atoms with Crippen LogP contribution in [0.15, 0.2) is 47.6 Å². The highest BCUT2D eigenvalue weighted by Crippen LogP contribution is 2.22. The quantitative estimate of drug-likeness (QED) is 0.520. The number of ether oxygens (including phenoxy) is 1. The van der Waals surface area contributed by atoms with Crippen LogP contribution in [0.4, 0.5) is 0 Å². The van der Waals surface area contributed by atoms with Crippen LogP contribution in [0.5, 0.6) is 0 Å². The molecule has 0 saturated heterocycles. The molecule has 23 heavy (non-hydrogen) atoms. The highest BCUT2D eigenvalue weighted by atomic mass is 35.5. The predicted octanol–water partition coefficient (Wildman–Crippen LogP) is 3.54. The molecule has 118 valence electrons. The minimum atomic E-state index is -0.415. The van der Waals surface area contributed by atoms with Gasteiger partial charge in [-0.15, -0.1) is 0 Å². The minimum Gasteiger partial charge on any atom is -0.465 e. The molecule has 0 saturated carbocycles. The molecule has 7 heteroatoms. The molecule has 0 atom stereocenters. The van der Waals surface area contributed by atoms with Crippen molar-refractivity contribution in [2.75, 3.05) is 7.11 Å². The molecule has 1 N–H and O–H groups in total. The van der Waals surface area contributed by atoms with Crippen molar-refractivity contribution >= 4 is 41.3 Å². The molecule has 0 spiro atoms. The van der Waals surface area contributed by atoms with E-state index in [4.69, 9.17) is 23.2 Å². The summed E-state index contributed by atoms with van der Waals surface area (Å²) < 4.78 is 4.61. The third kappa shape index (κ3) is 4.55. The van der Waals surface area contributed by atoms with Gasteiger partial charge in [0.05, 0.1) is 28.9 Å². The monoisotopic (exact) mass is 350 g/mol. The molecule has 1 amide bonds. The van der Waals surface area contributed by atoms with Gasteiger partial charge in [0.15, 0.2) is 0 Å². The number of hydrogen-bond acceptors (Lipinski definition) is 4. The fourth-order valence-corrected chi connectivity index (χ4v) is 1.99. The van der Waals surface area contributed by atoms with Gasteiger partial charge >= 0.3 is 5.97 Å². The van der Waals surface area contributed by atoms with E-state index >= 15 is 0 Å². The molecule has 0 unspecified atom stereocenters. The van der Waals surface area contributed by atoms with Crippen LogP contribution in [0, 0.1) is 0 Å². The molecule has 0 heterocycles. The van der Waals surface area contributed by atoms with Crippen LogP contribution in [0.1, 0.15) is 26.3 Å². The number of rotatable bonds is 4. The number of methoxy groups -OCH3 is 1. The van der Waals surface area contributed by atoms with Crippen LogP contribution in [-0.2, 0) is 4.74 Å². The Labute approximate surface area is 142 Å². The number of nitrogens with zero attached hydrogens (tertiary/aromatic N) is 1. The Morgan fingerprint density at radius 3 is 2.30 bits per heavy atom. The second kappa shape index (κ2) is 7.76. The van der Waals surface area contributed by atoms with Crippen molar-refractivity contribution in [3.8, 4) is 0 Å². The molecular weight excluding hydrogens is 339 g/mol. The molecule has 2 aromatic carbocycles. The summed E-state index contributed by atoms with van der Waals surface area (Å²) in [6, 6.07) is 11.1. The lowest BCUT2D eigenvalue weighted by Crippen LogP contribution is -2.17. The highest BCUT2D eigenvalue weighted by Gasteiger charge is 2.07. The van der Waals surface area contributed by atoms with Crippen LogP contribution in [-0.4, -0.2) is 25.2 Å².